The Bertz CT molecular complexity index is 374. The topological polar surface area (TPSA) is 56.5 Å². The predicted octanol–water partition coefficient (Wildman–Crippen LogP) is 0.694. The van der Waals surface area contributed by atoms with Crippen molar-refractivity contribution in [3.8, 4) is 0 Å². The Hall–Kier alpha value is -1.29. The second kappa shape index (κ2) is 2.10. The maximum atomic E-state index is 5.45. The highest BCUT2D eigenvalue weighted by atomic mass is 16.3. The molecule has 0 amide bonds. The zero-order valence-corrected chi connectivity index (χ0v) is 6.24. The molecule has 58 valence electrons. The SMILES string of the molecule is Cc1nc(CN)c2occn12. The standard InChI is InChI=1S/C7H9N3O/c1-5-9-6(4-8)7-10(5)2-3-11-7/h2-3H,4,8H2,1H3. The summed E-state index contributed by atoms with van der Waals surface area (Å²) in [6.45, 7) is 2.34. The summed E-state index contributed by atoms with van der Waals surface area (Å²) in [5, 5.41) is 0. The molecule has 2 aromatic rings. The van der Waals surface area contributed by atoms with Crippen molar-refractivity contribution in [2.45, 2.75) is 13.5 Å². The molecule has 2 rings (SSSR count). The smallest absolute Gasteiger partial charge is 0.227 e. The Morgan fingerprint density at radius 2 is 2.55 bits per heavy atom. The Balaban J connectivity index is 2.80. The number of oxazole rings is 1. The van der Waals surface area contributed by atoms with Crippen molar-refractivity contribution in [2.24, 2.45) is 5.73 Å². The van der Waals surface area contributed by atoms with E-state index in [1.54, 1.807) is 6.26 Å². The molecule has 4 nitrogen and oxygen atoms in total. The van der Waals surface area contributed by atoms with Gasteiger partial charge < -0.3 is 10.2 Å². The van der Waals surface area contributed by atoms with E-state index >= 15 is 0 Å². The number of imidazole rings is 1. The van der Waals surface area contributed by atoms with E-state index in [1.165, 1.54) is 0 Å². The summed E-state index contributed by atoms with van der Waals surface area (Å²) < 4.78 is 7.06. The van der Waals surface area contributed by atoms with Crippen LogP contribution in [0.5, 0.6) is 0 Å². The number of fused-ring (bicyclic) bond motifs is 1. The molecule has 11 heavy (non-hydrogen) atoms. The van der Waals surface area contributed by atoms with Crippen molar-refractivity contribution in [1.82, 2.24) is 9.38 Å². The summed E-state index contributed by atoms with van der Waals surface area (Å²) >= 11 is 0. The minimum absolute atomic E-state index is 0.421. The first-order valence-corrected chi connectivity index (χ1v) is 3.44. The molecule has 2 heterocycles. The Kier molecular flexibility index (Phi) is 1.22. The summed E-state index contributed by atoms with van der Waals surface area (Å²) in [7, 11) is 0. The molecule has 0 atom stereocenters. The van der Waals surface area contributed by atoms with Crippen molar-refractivity contribution in [1.29, 1.82) is 0 Å². The molecule has 0 saturated heterocycles. The fourth-order valence-electron chi connectivity index (χ4n) is 1.17. The first-order chi connectivity index (χ1) is 5.33. The molecule has 0 saturated carbocycles. The van der Waals surface area contributed by atoms with Crippen LogP contribution in [0.3, 0.4) is 0 Å². The Labute approximate surface area is 63.6 Å². The molecular weight excluding hydrogens is 142 g/mol. The van der Waals surface area contributed by atoms with Crippen LogP contribution in [-0.4, -0.2) is 9.38 Å². The van der Waals surface area contributed by atoms with Crippen LogP contribution < -0.4 is 5.73 Å². The lowest BCUT2D eigenvalue weighted by Gasteiger charge is -1.83. The fraction of sp³-hybridized carbons (Fsp3) is 0.286. The van der Waals surface area contributed by atoms with Gasteiger partial charge in [-0.1, -0.05) is 0 Å². The third kappa shape index (κ3) is 0.760. The summed E-state index contributed by atoms with van der Waals surface area (Å²) in [6.07, 6.45) is 3.46. The van der Waals surface area contributed by atoms with Gasteiger partial charge in [-0.25, -0.2) is 4.98 Å². The zero-order chi connectivity index (χ0) is 7.84. The van der Waals surface area contributed by atoms with Gasteiger partial charge in [-0.05, 0) is 6.92 Å². The van der Waals surface area contributed by atoms with E-state index in [4.69, 9.17) is 10.2 Å². The number of aromatic nitrogens is 2. The summed E-state index contributed by atoms with van der Waals surface area (Å²) in [5.74, 6) is 0.911. The lowest BCUT2D eigenvalue weighted by molar-refractivity contribution is 0.602. The van der Waals surface area contributed by atoms with E-state index < -0.39 is 0 Å². The summed E-state index contributed by atoms with van der Waals surface area (Å²) in [6, 6.07) is 0. The largest absolute Gasteiger partial charge is 0.445 e. The number of nitrogens with two attached hydrogens (primary N) is 1. The number of hydrogen-bond donors (Lipinski definition) is 1. The molecule has 0 aromatic carbocycles. The molecule has 2 aromatic heterocycles. The van der Waals surface area contributed by atoms with Gasteiger partial charge in [-0.15, -0.1) is 0 Å². The van der Waals surface area contributed by atoms with Gasteiger partial charge in [-0.3, -0.25) is 4.40 Å². The average molecular weight is 151 g/mol. The van der Waals surface area contributed by atoms with Crippen LogP contribution in [0.1, 0.15) is 11.5 Å². The fourth-order valence-corrected chi connectivity index (χ4v) is 1.17. The van der Waals surface area contributed by atoms with Gasteiger partial charge >= 0.3 is 0 Å². The second-order valence-corrected chi connectivity index (χ2v) is 2.39. The quantitative estimate of drug-likeness (QED) is 0.652. The van der Waals surface area contributed by atoms with Crippen LogP contribution in [0.25, 0.3) is 5.71 Å². The van der Waals surface area contributed by atoms with Crippen LogP contribution in [-0.2, 0) is 6.54 Å². The molecule has 2 N–H and O–H groups in total. The maximum Gasteiger partial charge on any atom is 0.227 e. The van der Waals surface area contributed by atoms with Gasteiger partial charge in [0.2, 0.25) is 5.71 Å². The van der Waals surface area contributed by atoms with Crippen LogP contribution in [0.15, 0.2) is 16.9 Å². The minimum atomic E-state index is 0.421. The first kappa shape index (κ1) is 6.42. The normalized spacial score (nSPS) is 11.1. The van der Waals surface area contributed by atoms with Gasteiger partial charge in [0.15, 0.2) is 0 Å². The van der Waals surface area contributed by atoms with Crippen molar-refractivity contribution in [3.05, 3.63) is 24.0 Å². The van der Waals surface area contributed by atoms with Crippen molar-refractivity contribution < 1.29 is 4.42 Å². The van der Waals surface area contributed by atoms with Gasteiger partial charge in [0, 0.05) is 12.7 Å². The van der Waals surface area contributed by atoms with Crippen LogP contribution >= 0.6 is 0 Å². The van der Waals surface area contributed by atoms with Crippen LogP contribution in [0, 0.1) is 6.92 Å². The van der Waals surface area contributed by atoms with E-state index in [1.807, 2.05) is 17.5 Å². The number of hydrogen-bond acceptors (Lipinski definition) is 3. The average Bonchev–Trinajstić information content (AvgIpc) is 2.54. The van der Waals surface area contributed by atoms with E-state index in [0.29, 0.717) is 6.54 Å². The van der Waals surface area contributed by atoms with Crippen molar-refractivity contribution in [3.63, 3.8) is 0 Å². The van der Waals surface area contributed by atoms with Gasteiger partial charge in [0.05, 0.1) is 0 Å². The Morgan fingerprint density at radius 1 is 1.73 bits per heavy atom. The molecule has 0 aliphatic rings. The number of nitrogens with zero attached hydrogens (tertiary/aromatic N) is 2. The highest BCUT2D eigenvalue weighted by Gasteiger charge is 2.07. The molecular formula is C7H9N3O. The maximum absolute atomic E-state index is 5.45. The van der Waals surface area contributed by atoms with Crippen LogP contribution in [0.4, 0.5) is 0 Å². The second-order valence-electron chi connectivity index (χ2n) is 2.39. The molecule has 4 heteroatoms. The van der Waals surface area contributed by atoms with E-state index in [-0.39, 0.29) is 0 Å². The third-order valence-electron chi connectivity index (χ3n) is 1.69. The monoisotopic (exact) mass is 151 g/mol. The molecule has 0 unspecified atom stereocenters. The van der Waals surface area contributed by atoms with Crippen molar-refractivity contribution in [2.75, 3.05) is 0 Å². The van der Waals surface area contributed by atoms with Crippen molar-refractivity contribution >= 4 is 5.71 Å². The summed E-state index contributed by atoms with van der Waals surface area (Å²) in [4.78, 5) is 4.21. The molecule has 0 aliphatic heterocycles. The highest BCUT2D eigenvalue weighted by molar-refractivity contribution is 5.41. The molecule has 0 bridgehead atoms. The minimum Gasteiger partial charge on any atom is -0.445 e. The summed E-state index contributed by atoms with van der Waals surface area (Å²) in [5.41, 5.74) is 7.02. The number of rotatable bonds is 1. The highest BCUT2D eigenvalue weighted by Crippen LogP contribution is 2.12. The van der Waals surface area contributed by atoms with E-state index in [0.717, 1.165) is 17.2 Å². The van der Waals surface area contributed by atoms with Gasteiger partial charge in [-0.2, -0.15) is 0 Å². The molecule has 0 spiro atoms. The first-order valence-electron chi connectivity index (χ1n) is 3.44. The lowest BCUT2D eigenvalue weighted by atomic mass is 10.5. The Morgan fingerprint density at radius 3 is 3.27 bits per heavy atom. The molecule has 0 fully saturated rings. The lowest BCUT2D eigenvalue weighted by Crippen LogP contribution is -1.96. The van der Waals surface area contributed by atoms with Gasteiger partial charge in [0.1, 0.15) is 17.8 Å². The predicted molar refractivity (Wildman–Crippen MR) is 40.1 cm³/mol. The van der Waals surface area contributed by atoms with E-state index in [9.17, 15) is 0 Å². The molecule has 0 radical (unpaired) electrons. The van der Waals surface area contributed by atoms with Crippen LogP contribution in [0.2, 0.25) is 0 Å². The number of aryl methyl sites for hydroxylation is 1. The zero-order valence-electron chi connectivity index (χ0n) is 6.24. The molecule has 0 aliphatic carbocycles. The third-order valence-corrected chi connectivity index (χ3v) is 1.69. The van der Waals surface area contributed by atoms with E-state index in [2.05, 4.69) is 4.98 Å². The van der Waals surface area contributed by atoms with Gasteiger partial charge in [0.25, 0.3) is 0 Å².